The van der Waals surface area contributed by atoms with Crippen LogP contribution in [0.25, 0.3) is 38.6 Å². The number of aryl methyl sites for hydroxylation is 1. The molecule has 0 N–H and O–H groups in total. The van der Waals surface area contributed by atoms with E-state index in [1.54, 1.807) is 0 Å². The van der Waals surface area contributed by atoms with Crippen LogP contribution in [0.5, 0.6) is 0 Å². The van der Waals surface area contributed by atoms with Gasteiger partial charge in [0, 0.05) is 5.25 Å². The monoisotopic (exact) mass is 682 g/mol. The molecule has 44 heavy (non-hydrogen) atoms. The normalized spacial score (nSPS) is 14.7. The van der Waals surface area contributed by atoms with Gasteiger partial charge in [0.2, 0.25) is 0 Å². The number of benzene rings is 4. The molecule has 0 nitrogen and oxygen atoms in total. The van der Waals surface area contributed by atoms with Gasteiger partial charge in [-0.15, -0.1) is 45.1 Å². The third-order valence-corrected chi connectivity index (χ3v) is 8.81. The van der Waals surface area contributed by atoms with E-state index in [0.717, 1.165) is 0 Å². The zero-order chi connectivity index (χ0) is 29.6. The molecule has 0 saturated carbocycles. The van der Waals surface area contributed by atoms with Crippen molar-refractivity contribution in [3.63, 3.8) is 0 Å². The van der Waals surface area contributed by atoms with Gasteiger partial charge in [-0.05, 0) is 29.5 Å². The summed E-state index contributed by atoms with van der Waals surface area (Å²) >= 11 is 3.30. The third-order valence-electron chi connectivity index (χ3n) is 7.66. The van der Waals surface area contributed by atoms with Crippen molar-refractivity contribution in [2.45, 2.75) is 32.9 Å². The van der Waals surface area contributed by atoms with Crippen LogP contribution in [-0.2, 0) is 23.3 Å². The quantitative estimate of drug-likeness (QED) is 0.134. The standard InChI is InChI=1S/C22H17.C17H17S.2CH3.Si.Zr/c1-16-12-20-14-19(17-8-4-2-5-9-17)15-22(21(20)13-16)18-10-6-3-7-11-18;1-11(2)14-9-15-16(10-14)18-12(3)17(15)13-7-5-4-6-8-13;;;;/h2-15H,1H3;4-9,11-12H,1-3H3;2*1H3;;/q4*-1;;. The number of allylic oxidation sites excluding steroid dienone is 4. The van der Waals surface area contributed by atoms with Crippen LogP contribution in [0.4, 0.5) is 0 Å². The molecule has 2 aliphatic rings. The Hall–Kier alpha value is -2.84. The van der Waals surface area contributed by atoms with E-state index in [9.17, 15) is 0 Å². The van der Waals surface area contributed by atoms with Crippen LogP contribution >= 0.6 is 11.8 Å². The Balaban J connectivity index is 0.000000222. The molecule has 3 heteroatoms. The molecule has 0 spiro atoms. The number of rotatable bonds is 4. The Kier molecular flexibility index (Phi) is 13.3. The summed E-state index contributed by atoms with van der Waals surface area (Å²) in [4.78, 5) is 1.34. The van der Waals surface area contributed by atoms with Crippen molar-refractivity contribution < 1.29 is 23.3 Å². The van der Waals surface area contributed by atoms with Crippen molar-refractivity contribution in [1.29, 1.82) is 0 Å². The van der Waals surface area contributed by atoms with Crippen molar-refractivity contribution >= 4 is 35.0 Å². The summed E-state index contributed by atoms with van der Waals surface area (Å²) in [6.45, 7) is 12.0. The first-order valence-electron chi connectivity index (χ1n) is 14.4. The first-order valence-corrected chi connectivity index (χ1v) is 19.4. The summed E-state index contributed by atoms with van der Waals surface area (Å²) < 4.78 is 0. The summed E-state index contributed by atoms with van der Waals surface area (Å²) in [5, 5.41) is 3.19. The molecule has 7 rings (SSSR count). The van der Waals surface area contributed by atoms with E-state index in [1.807, 2.05) is 11.8 Å². The minimum atomic E-state index is 0. The van der Waals surface area contributed by atoms with Crippen molar-refractivity contribution in [1.82, 2.24) is 0 Å². The first-order chi connectivity index (χ1) is 20.5. The molecule has 0 amide bonds. The molecule has 0 bridgehead atoms. The van der Waals surface area contributed by atoms with Gasteiger partial charge in [-0.25, -0.2) is 6.08 Å². The van der Waals surface area contributed by atoms with E-state index < -0.39 is 0 Å². The number of hydrogen-bond donors (Lipinski definition) is 0. The molecule has 1 unspecified atom stereocenters. The molecule has 1 atom stereocenters. The second-order valence-corrected chi connectivity index (χ2v) is 12.3. The van der Waals surface area contributed by atoms with Crippen LogP contribution in [0.1, 0.15) is 31.9 Å². The molecular formula is C41H40SSiZr-4. The van der Waals surface area contributed by atoms with Gasteiger partial charge in [-0.3, -0.25) is 0 Å². The zero-order valence-electron chi connectivity index (χ0n) is 26.6. The molecule has 5 aromatic carbocycles. The average molecular weight is 684 g/mol. The average Bonchev–Trinajstić information content (AvgIpc) is 3.70. The molecule has 2 radical (unpaired) electrons. The second kappa shape index (κ2) is 16.5. The fourth-order valence-electron chi connectivity index (χ4n) is 5.65. The SMILES string of the molecule is CC(C)C1=CC2=C(c3ccccc3)C(C)SC2=[C-]1.Cc1cc2c(-c3ccccc3)cc(-c3ccccc3)cc2[cH-]1.[CH3-].[CH3-].[Si]=[Zr]. The van der Waals surface area contributed by atoms with E-state index >= 15 is 0 Å². The molecule has 0 saturated heterocycles. The van der Waals surface area contributed by atoms with Gasteiger partial charge in [0.15, 0.2) is 0 Å². The fourth-order valence-corrected chi connectivity index (χ4v) is 6.85. The van der Waals surface area contributed by atoms with Gasteiger partial charge in [0.25, 0.3) is 0 Å². The molecule has 5 aromatic rings. The Morgan fingerprint density at radius 2 is 1.30 bits per heavy atom. The van der Waals surface area contributed by atoms with E-state index in [2.05, 4.69) is 162 Å². The topological polar surface area (TPSA) is 0 Å². The summed E-state index contributed by atoms with van der Waals surface area (Å²) in [7, 11) is 0. The van der Waals surface area contributed by atoms with Crippen molar-refractivity contribution in [2.24, 2.45) is 5.92 Å². The van der Waals surface area contributed by atoms with Crippen molar-refractivity contribution in [3.8, 4) is 22.3 Å². The van der Waals surface area contributed by atoms with Crippen LogP contribution in [0.3, 0.4) is 0 Å². The third kappa shape index (κ3) is 7.86. The number of thioether (sulfide) groups is 1. The molecule has 222 valence electrons. The summed E-state index contributed by atoms with van der Waals surface area (Å²) in [6.07, 6.45) is 5.90. The zero-order valence-corrected chi connectivity index (χ0v) is 30.9. The van der Waals surface area contributed by atoms with Crippen LogP contribution in [0.2, 0.25) is 0 Å². The maximum absolute atomic E-state index is 3.57. The predicted molar refractivity (Wildman–Crippen MR) is 194 cm³/mol. The van der Waals surface area contributed by atoms with Gasteiger partial charge in [0.05, 0.1) is 0 Å². The van der Waals surface area contributed by atoms with E-state index in [0.29, 0.717) is 11.2 Å². The number of fused-ring (bicyclic) bond motifs is 2. The predicted octanol–water partition coefficient (Wildman–Crippen LogP) is 11.6. The molecule has 0 fully saturated rings. The van der Waals surface area contributed by atoms with Crippen LogP contribution < -0.4 is 0 Å². The summed E-state index contributed by atoms with van der Waals surface area (Å²) in [5.74, 6) is 0.559. The van der Waals surface area contributed by atoms with Gasteiger partial charge in [-0.1, -0.05) is 135 Å². The Labute approximate surface area is 287 Å². The summed E-state index contributed by atoms with van der Waals surface area (Å²) in [6, 6.07) is 41.1. The molecular weight excluding hydrogens is 644 g/mol. The van der Waals surface area contributed by atoms with Crippen molar-refractivity contribution in [2.75, 3.05) is 0 Å². The Morgan fingerprint density at radius 1 is 0.750 bits per heavy atom. The van der Waals surface area contributed by atoms with E-state index in [4.69, 9.17) is 0 Å². The Morgan fingerprint density at radius 3 is 1.86 bits per heavy atom. The van der Waals surface area contributed by atoms with E-state index in [1.165, 1.54) is 89.1 Å². The molecule has 1 aliphatic carbocycles. The molecule has 0 aromatic heterocycles. The van der Waals surface area contributed by atoms with Crippen LogP contribution in [-0.4, -0.2) is 12.1 Å². The Bertz CT molecular complexity index is 1760. The maximum atomic E-state index is 3.57. The van der Waals surface area contributed by atoms with E-state index in [-0.39, 0.29) is 14.9 Å². The van der Waals surface area contributed by atoms with Gasteiger partial charge >= 0.3 is 30.2 Å². The molecule has 1 heterocycles. The van der Waals surface area contributed by atoms with Crippen LogP contribution in [0, 0.1) is 33.8 Å². The number of hydrogen-bond acceptors (Lipinski definition) is 1. The van der Waals surface area contributed by atoms with Gasteiger partial charge in [0.1, 0.15) is 0 Å². The first kappa shape index (κ1) is 35.6. The van der Waals surface area contributed by atoms with Crippen LogP contribution in [0.15, 0.2) is 137 Å². The fraction of sp³-hybridized carbons (Fsp3) is 0.146. The van der Waals surface area contributed by atoms with Crippen molar-refractivity contribution in [3.05, 3.63) is 169 Å². The summed E-state index contributed by atoms with van der Waals surface area (Å²) in [5.41, 5.74) is 12.0. The molecule has 1 aliphatic heterocycles. The minimum absolute atomic E-state index is 0. The van der Waals surface area contributed by atoms with Gasteiger partial charge in [-0.2, -0.15) is 23.3 Å². The second-order valence-electron chi connectivity index (χ2n) is 11.0. The van der Waals surface area contributed by atoms with Gasteiger partial charge < -0.3 is 14.9 Å².